The van der Waals surface area contributed by atoms with Crippen LogP contribution >= 0.6 is 0 Å². The van der Waals surface area contributed by atoms with Gasteiger partial charge in [-0.05, 0) is 36.3 Å². The van der Waals surface area contributed by atoms with Crippen molar-refractivity contribution in [2.24, 2.45) is 0 Å². The third-order valence-corrected chi connectivity index (χ3v) is 16.9. The number of H-pyrrole nitrogens is 1. The number of rotatable bonds is 8. The van der Waals surface area contributed by atoms with Crippen LogP contribution in [-0.4, -0.2) is 65.8 Å². The molecule has 2 heterocycles. The van der Waals surface area contributed by atoms with Crippen LogP contribution in [0.5, 0.6) is 0 Å². The van der Waals surface area contributed by atoms with E-state index in [1.807, 2.05) is 13.1 Å². The zero-order chi connectivity index (χ0) is 27.2. The first-order valence-corrected chi connectivity index (χ1v) is 19.4. The molecule has 35 heavy (non-hydrogen) atoms. The summed E-state index contributed by atoms with van der Waals surface area (Å²) < 4.78 is 50.6. The van der Waals surface area contributed by atoms with Crippen molar-refractivity contribution < 1.29 is 26.2 Å². The first-order chi connectivity index (χ1) is 15.6. The van der Waals surface area contributed by atoms with Gasteiger partial charge in [-0.2, -0.15) is 8.42 Å². The molecule has 0 radical (unpaired) electrons. The van der Waals surface area contributed by atoms with Crippen molar-refractivity contribution >= 4 is 26.8 Å². The molecule has 1 N–H and O–H groups in total. The molecule has 1 fully saturated rings. The zero-order valence-corrected chi connectivity index (χ0v) is 25.6. The average Bonchev–Trinajstić information content (AvgIpc) is 2.93. The van der Waals surface area contributed by atoms with Gasteiger partial charge in [0, 0.05) is 12.3 Å². The lowest BCUT2D eigenvalue weighted by Crippen LogP contribution is -2.51. The molecule has 13 heteroatoms. The second-order valence-corrected chi connectivity index (χ2v) is 23.4. The summed E-state index contributed by atoms with van der Waals surface area (Å²) in [6, 6.07) is 1.21. The molecule has 1 aliphatic heterocycles. The van der Waals surface area contributed by atoms with Crippen LogP contribution in [0.25, 0.3) is 0 Å². The van der Waals surface area contributed by atoms with Crippen molar-refractivity contribution in [1.29, 1.82) is 0 Å². The lowest BCUT2D eigenvalue weighted by atomic mass is 10.1. The molecule has 0 spiro atoms. The molecular formula is C22H42N2O8SSi2. The molecule has 0 unspecified atom stereocenters. The second-order valence-electron chi connectivity index (χ2n) is 12.3. The van der Waals surface area contributed by atoms with E-state index in [0.29, 0.717) is 0 Å². The third kappa shape index (κ3) is 7.24. The highest BCUT2D eigenvalue weighted by molar-refractivity contribution is 7.86. The quantitative estimate of drug-likeness (QED) is 0.386. The Balaban J connectivity index is 2.58. The summed E-state index contributed by atoms with van der Waals surface area (Å²) in [4.78, 5) is 26.6. The Morgan fingerprint density at radius 1 is 1.00 bits per heavy atom. The van der Waals surface area contributed by atoms with Gasteiger partial charge >= 0.3 is 5.69 Å². The molecule has 1 aromatic heterocycles. The van der Waals surface area contributed by atoms with Crippen molar-refractivity contribution in [1.82, 2.24) is 9.55 Å². The molecule has 0 saturated carbocycles. The van der Waals surface area contributed by atoms with Gasteiger partial charge in [0.1, 0.15) is 18.3 Å². The van der Waals surface area contributed by atoms with E-state index in [1.165, 1.54) is 16.8 Å². The number of hydrogen-bond acceptors (Lipinski definition) is 8. The first-order valence-electron chi connectivity index (χ1n) is 11.7. The molecule has 1 aromatic rings. The number of ether oxygens (including phenoxy) is 1. The fourth-order valence-corrected chi connectivity index (χ4v) is 6.10. The molecule has 0 aromatic carbocycles. The fourth-order valence-electron chi connectivity index (χ4n) is 3.16. The topological polar surface area (TPSA) is 126 Å². The Hall–Kier alpha value is -1.10. The van der Waals surface area contributed by atoms with Crippen LogP contribution < -0.4 is 11.2 Å². The van der Waals surface area contributed by atoms with E-state index in [1.54, 1.807) is 0 Å². The summed E-state index contributed by atoms with van der Waals surface area (Å²) in [6.45, 7) is 20.8. The highest BCUT2D eigenvalue weighted by Crippen LogP contribution is 2.43. The van der Waals surface area contributed by atoms with Crippen LogP contribution in [0.3, 0.4) is 0 Å². The first kappa shape index (κ1) is 30.1. The molecule has 0 amide bonds. The van der Waals surface area contributed by atoms with Gasteiger partial charge in [-0.25, -0.2) is 4.79 Å². The maximum atomic E-state index is 12.7. The molecule has 2 rings (SSSR count). The van der Waals surface area contributed by atoms with E-state index in [0.717, 1.165) is 6.26 Å². The zero-order valence-electron chi connectivity index (χ0n) is 22.8. The van der Waals surface area contributed by atoms with Crippen molar-refractivity contribution in [3.05, 3.63) is 33.1 Å². The Morgan fingerprint density at radius 2 is 1.54 bits per heavy atom. The van der Waals surface area contributed by atoms with Gasteiger partial charge in [-0.1, -0.05) is 41.5 Å². The van der Waals surface area contributed by atoms with E-state index in [4.69, 9.17) is 17.8 Å². The van der Waals surface area contributed by atoms with Crippen molar-refractivity contribution in [3.63, 3.8) is 0 Å². The van der Waals surface area contributed by atoms with Gasteiger partial charge < -0.3 is 13.6 Å². The number of nitrogens with zero attached hydrogens (tertiary/aromatic N) is 1. The van der Waals surface area contributed by atoms with E-state index < -0.39 is 62.5 Å². The summed E-state index contributed by atoms with van der Waals surface area (Å²) in [5.74, 6) is 0. The van der Waals surface area contributed by atoms with Gasteiger partial charge in [0.2, 0.25) is 0 Å². The van der Waals surface area contributed by atoms with Crippen LogP contribution in [0.2, 0.25) is 36.3 Å². The van der Waals surface area contributed by atoms with E-state index in [-0.39, 0.29) is 16.7 Å². The second kappa shape index (κ2) is 9.99. The molecule has 1 aliphatic rings. The van der Waals surface area contributed by atoms with Gasteiger partial charge in [0.15, 0.2) is 22.9 Å². The third-order valence-electron chi connectivity index (χ3n) is 7.35. The van der Waals surface area contributed by atoms with Crippen molar-refractivity contribution in [3.8, 4) is 0 Å². The van der Waals surface area contributed by atoms with E-state index in [2.05, 4.69) is 59.6 Å². The van der Waals surface area contributed by atoms with Crippen LogP contribution in [0, 0.1) is 0 Å². The molecular weight excluding hydrogens is 508 g/mol. The monoisotopic (exact) mass is 550 g/mol. The van der Waals surface area contributed by atoms with Crippen LogP contribution in [0.1, 0.15) is 47.8 Å². The SMILES string of the molecule is CC(C)(C)[Si](C)(C)OC[C@H]1O[C@@H](n2ccc(=O)[nH]c2=O)[C@H](O[Si](C)(C)C(C)(C)C)[C@@H]1OS(C)(=O)=O. The van der Waals surface area contributed by atoms with Gasteiger partial charge in [0.05, 0.1) is 12.9 Å². The van der Waals surface area contributed by atoms with Crippen molar-refractivity contribution in [2.45, 2.75) is 102 Å². The maximum Gasteiger partial charge on any atom is 0.330 e. The van der Waals surface area contributed by atoms with Crippen LogP contribution in [0.15, 0.2) is 21.9 Å². The Bertz CT molecular complexity index is 1120. The number of hydrogen-bond donors (Lipinski definition) is 1. The van der Waals surface area contributed by atoms with Gasteiger partial charge in [-0.15, -0.1) is 0 Å². The van der Waals surface area contributed by atoms with Gasteiger partial charge in [0.25, 0.3) is 15.7 Å². The Morgan fingerprint density at radius 3 is 2.00 bits per heavy atom. The lowest BCUT2D eigenvalue weighted by Gasteiger charge is -2.40. The van der Waals surface area contributed by atoms with Crippen LogP contribution in [-0.2, 0) is 27.9 Å². The minimum Gasteiger partial charge on any atom is -0.414 e. The Kier molecular flexibility index (Phi) is 8.60. The predicted molar refractivity (Wildman–Crippen MR) is 140 cm³/mol. The van der Waals surface area contributed by atoms with E-state index in [9.17, 15) is 18.0 Å². The smallest absolute Gasteiger partial charge is 0.330 e. The summed E-state index contributed by atoms with van der Waals surface area (Å²) in [7, 11) is -8.60. The minimum atomic E-state index is -3.90. The summed E-state index contributed by atoms with van der Waals surface area (Å²) in [6.07, 6.45) is -1.52. The molecule has 4 atom stereocenters. The average molecular weight is 551 g/mol. The number of aromatic nitrogens is 2. The molecule has 1 saturated heterocycles. The highest BCUT2D eigenvalue weighted by atomic mass is 32.2. The fraction of sp³-hybridized carbons (Fsp3) is 0.818. The maximum absolute atomic E-state index is 12.7. The molecule has 0 bridgehead atoms. The van der Waals surface area contributed by atoms with Crippen LogP contribution in [0.4, 0.5) is 0 Å². The number of aromatic amines is 1. The van der Waals surface area contributed by atoms with Gasteiger partial charge in [-0.3, -0.25) is 18.5 Å². The largest absolute Gasteiger partial charge is 0.414 e. The lowest BCUT2D eigenvalue weighted by molar-refractivity contribution is -0.0505. The summed E-state index contributed by atoms with van der Waals surface area (Å²) in [5, 5.41) is -0.288. The summed E-state index contributed by atoms with van der Waals surface area (Å²) >= 11 is 0. The highest BCUT2D eigenvalue weighted by Gasteiger charge is 2.53. The minimum absolute atomic E-state index is 0.0721. The van der Waals surface area contributed by atoms with E-state index >= 15 is 0 Å². The molecule has 202 valence electrons. The molecule has 10 nitrogen and oxygen atoms in total. The van der Waals surface area contributed by atoms with Crippen molar-refractivity contribution in [2.75, 3.05) is 12.9 Å². The Labute approximate surface area is 210 Å². The summed E-state index contributed by atoms with van der Waals surface area (Å²) in [5.41, 5.74) is -1.23. The molecule has 0 aliphatic carbocycles. The number of nitrogens with one attached hydrogen (secondary N) is 1. The predicted octanol–water partition coefficient (Wildman–Crippen LogP) is 3.19. The normalized spacial score (nSPS) is 24.7. The standard InChI is InChI=1S/C22H42N2O8SSi2/c1-21(2,3)34(8,9)29-14-15-17(31-33(7,27)28)18(32-35(10,11)22(4,5)6)19(30-15)24-13-12-16(25)23-20(24)26/h12-13,15,17-19H,14H2,1-11H3,(H,23,25,26)/t15-,17-,18-,19-/m1/s1.